The third-order valence-corrected chi connectivity index (χ3v) is 11.1. The first-order valence-corrected chi connectivity index (χ1v) is 15.9. The molecule has 0 aromatic rings. The average Bonchev–Trinajstić information content (AvgIpc) is 3.17. The van der Waals surface area contributed by atoms with Crippen LogP contribution in [0.15, 0.2) is 0 Å². The number of hydrogen-bond acceptors (Lipinski definition) is 4. The largest absolute Gasteiger partial charge is 0.303 e. The van der Waals surface area contributed by atoms with Gasteiger partial charge in [0.2, 0.25) is 0 Å². The highest BCUT2D eigenvalue weighted by Crippen LogP contribution is 2.48. The van der Waals surface area contributed by atoms with E-state index in [1.807, 2.05) is 0 Å². The first kappa shape index (κ1) is 29.8. The lowest BCUT2D eigenvalue weighted by Crippen LogP contribution is -2.66. The molecule has 4 heterocycles. The Hall–Kier alpha value is -0.160. The van der Waals surface area contributed by atoms with Crippen LogP contribution in [0.4, 0.5) is 0 Å². The fourth-order valence-electron chi connectivity index (χ4n) is 8.08. The molecule has 0 bridgehead atoms. The van der Waals surface area contributed by atoms with Crippen LogP contribution in [0, 0.1) is 34.5 Å². The van der Waals surface area contributed by atoms with E-state index in [0.717, 1.165) is 29.7 Å². The predicted octanol–water partition coefficient (Wildman–Crippen LogP) is 6.31. The molecular formula is C33H64N4. The minimum Gasteiger partial charge on any atom is -0.303 e. The van der Waals surface area contributed by atoms with Gasteiger partial charge in [-0.05, 0) is 121 Å². The topological polar surface area (TPSA) is 13.0 Å². The summed E-state index contributed by atoms with van der Waals surface area (Å²) in [5, 5.41) is 0. The molecule has 4 rings (SSSR count). The van der Waals surface area contributed by atoms with Gasteiger partial charge in [-0.2, -0.15) is 0 Å². The first-order chi connectivity index (χ1) is 16.9. The monoisotopic (exact) mass is 517 g/mol. The number of likely N-dealkylation sites (tertiary alicyclic amines) is 4. The van der Waals surface area contributed by atoms with Crippen LogP contribution in [-0.4, -0.2) is 95.6 Å². The molecule has 4 heteroatoms. The van der Waals surface area contributed by atoms with Gasteiger partial charge in [-0.1, -0.05) is 34.6 Å². The van der Waals surface area contributed by atoms with Crippen molar-refractivity contribution in [2.75, 3.05) is 58.9 Å². The van der Waals surface area contributed by atoms with Crippen molar-refractivity contribution in [1.29, 1.82) is 0 Å². The normalized spacial score (nSPS) is 31.1. The summed E-state index contributed by atoms with van der Waals surface area (Å²) in [6.07, 6.45) is 5.58. The van der Waals surface area contributed by atoms with E-state index in [2.05, 4.69) is 95.8 Å². The smallest absolute Gasteiger partial charge is 0.0146 e. The van der Waals surface area contributed by atoms with Gasteiger partial charge in [0.05, 0.1) is 0 Å². The molecule has 216 valence electrons. The Bertz CT molecular complexity index is 740. The molecule has 0 N–H and O–H groups in total. The molecule has 0 amide bonds. The second-order valence-electron chi connectivity index (χ2n) is 17.5. The zero-order chi connectivity index (χ0) is 27.4. The molecule has 4 fully saturated rings. The number of rotatable bonds is 7. The van der Waals surface area contributed by atoms with Crippen LogP contribution in [-0.2, 0) is 0 Å². The lowest BCUT2D eigenvalue weighted by Gasteiger charge is -2.59. The van der Waals surface area contributed by atoms with Gasteiger partial charge in [0.15, 0.2) is 0 Å². The molecule has 0 aromatic heterocycles. The predicted molar refractivity (Wildman–Crippen MR) is 160 cm³/mol. The summed E-state index contributed by atoms with van der Waals surface area (Å²) in [5.41, 5.74) is 1.52. The molecule has 3 unspecified atom stereocenters. The Morgan fingerprint density at radius 2 is 1.16 bits per heavy atom. The van der Waals surface area contributed by atoms with Crippen LogP contribution in [0.3, 0.4) is 0 Å². The van der Waals surface area contributed by atoms with E-state index >= 15 is 0 Å². The van der Waals surface area contributed by atoms with Gasteiger partial charge in [0.25, 0.3) is 0 Å². The van der Waals surface area contributed by atoms with E-state index in [-0.39, 0.29) is 0 Å². The molecule has 0 aliphatic carbocycles. The molecule has 37 heavy (non-hydrogen) atoms. The molecule has 4 aliphatic heterocycles. The van der Waals surface area contributed by atoms with E-state index in [0.29, 0.717) is 21.9 Å². The van der Waals surface area contributed by atoms with Crippen molar-refractivity contribution in [3.63, 3.8) is 0 Å². The lowest BCUT2D eigenvalue weighted by molar-refractivity contribution is -0.0999. The van der Waals surface area contributed by atoms with Gasteiger partial charge >= 0.3 is 0 Å². The van der Waals surface area contributed by atoms with Crippen LogP contribution in [0.5, 0.6) is 0 Å². The Balaban J connectivity index is 1.27. The van der Waals surface area contributed by atoms with Crippen molar-refractivity contribution in [3.8, 4) is 0 Å². The van der Waals surface area contributed by atoms with Gasteiger partial charge < -0.3 is 4.90 Å². The summed E-state index contributed by atoms with van der Waals surface area (Å²) in [6, 6.07) is 0.776. The Labute approximate surface area is 231 Å². The van der Waals surface area contributed by atoms with Gasteiger partial charge in [0.1, 0.15) is 0 Å². The van der Waals surface area contributed by atoms with E-state index < -0.39 is 0 Å². The number of hydrogen-bond donors (Lipinski definition) is 0. The van der Waals surface area contributed by atoms with Gasteiger partial charge in [-0.15, -0.1) is 0 Å². The maximum Gasteiger partial charge on any atom is 0.0146 e. The highest BCUT2D eigenvalue weighted by atomic mass is 15.3. The van der Waals surface area contributed by atoms with Crippen LogP contribution in [0.1, 0.15) is 102 Å². The second-order valence-corrected chi connectivity index (χ2v) is 17.5. The third-order valence-electron chi connectivity index (χ3n) is 11.1. The van der Waals surface area contributed by atoms with E-state index in [4.69, 9.17) is 0 Å². The van der Waals surface area contributed by atoms with Crippen molar-refractivity contribution in [1.82, 2.24) is 19.6 Å². The quantitative estimate of drug-likeness (QED) is 0.393. The molecule has 3 atom stereocenters. The highest BCUT2D eigenvalue weighted by molar-refractivity contribution is 5.03. The van der Waals surface area contributed by atoms with E-state index in [1.165, 1.54) is 84.6 Å². The van der Waals surface area contributed by atoms with Crippen molar-refractivity contribution >= 4 is 0 Å². The summed E-state index contributed by atoms with van der Waals surface area (Å²) in [7, 11) is 0. The SMILES string of the molecule is CC(C)(C)C1CN(CC2CN(C(C)(C)C)C2)C1CC(C)(C)C1CCN(CC2CCN(C(C)(C)C)C2)CC1. The fraction of sp³-hybridized carbons (Fsp3) is 1.00. The van der Waals surface area contributed by atoms with Gasteiger partial charge in [-0.25, -0.2) is 0 Å². The number of nitrogens with zero attached hydrogens (tertiary/aromatic N) is 4. The van der Waals surface area contributed by atoms with Crippen LogP contribution in [0.25, 0.3) is 0 Å². The highest BCUT2D eigenvalue weighted by Gasteiger charge is 2.49. The summed E-state index contributed by atoms with van der Waals surface area (Å²) >= 11 is 0. The third kappa shape index (κ3) is 7.14. The zero-order valence-corrected chi connectivity index (χ0v) is 26.9. The molecule has 0 aromatic carbocycles. The van der Waals surface area contributed by atoms with Crippen molar-refractivity contribution in [3.05, 3.63) is 0 Å². The minimum absolute atomic E-state index is 0.330. The summed E-state index contributed by atoms with van der Waals surface area (Å²) < 4.78 is 0. The number of piperidine rings is 1. The lowest BCUT2D eigenvalue weighted by atomic mass is 9.62. The Kier molecular flexibility index (Phi) is 8.60. The first-order valence-electron chi connectivity index (χ1n) is 15.9. The molecule has 4 aliphatic rings. The summed E-state index contributed by atoms with van der Waals surface area (Å²) in [5.74, 6) is 3.47. The second kappa shape index (κ2) is 10.7. The maximum atomic E-state index is 2.90. The minimum atomic E-state index is 0.330. The molecule has 0 saturated carbocycles. The van der Waals surface area contributed by atoms with E-state index in [9.17, 15) is 0 Å². The summed E-state index contributed by atoms with van der Waals surface area (Å²) in [4.78, 5) is 11.1. The van der Waals surface area contributed by atoms with Crippen LogP contribution >= 0.6 is 0 Å². The van der Waals surface area contributed by atoms with Crippen molar-refractivity contribution in [2.24, 2.45) is 34.5 Å². The standard InChI is InChI=1S/C33H64N4/c1-30(2,3)28-24-35(20-26-22-37(23-26)32(7,8)9)29(28)18-33(10,11)27-13-15-34(16-14-27)19-25-12-17-36(21-25)31(4,5)6/h25-29H,12-24H2,1-11H3. The van der Waals surface area contributed by atoms with Crippen LogP contribution in [0.2, 0.25) is 0 Å². The average molecular weight is 517 g/mol. The molecule has 4 saturated heterocycles. The summed E-state index contributed by atoms with van der Waals surface area (Å²) in [6.45, 7) is 38.7. The Morgan fingerprint density at radius 1 is 0.595 bits per heavy atom. The maximum absolute atomic E-state index is 2.90. The molecule has 4 nitrogen and oxygen atoms in total. The molecule has 0 spiro atoms. The van der Waals surface area contributed by atoms with Crippen molar-refractivity contribution < 1.29 is 0 Å². The van der Waals surface area contributed by atoms with E-state index in [1.54, 1.807) is 0 Å². The Morgan fingerprint density at radius 3 is 1.68 bits per heavy atom. The van der Waals surface area contributed by atoms with Gasteiger partial charge in [-0.3, -0.25) is 14.7 Å². The fourth-order valence-corrected chi connectivity index (χ4v) is 8.08. The molecular weight excluding hydrogens is 452 g/mol. The van der Waals surface area contributed by atoms with Crippen LogP contribution < -0.4 is 0 Å². The van der Waals surface area contributed by atoms with Gasteiger partial charge in [0, 0.05) is 56.4 Å². The molecule has 0 radical (unpaired) electrons. The van der Waals surface area contributed by atoms with Crippen molar-refractivity contribution in [2.45, 2.75) is 119 Å². The zero-order valence-electron chi connectivity index (χ0n) is 26.9.